The van der Waals surface area contributed by atoms with Crippen molar-refractivity contribution in [2.45, 2.75) is 17.6 Å². The Bertz CT molecular complexity index is 505. The lowest BCUT2D eigenvalue weighted by atomic mass is 9.86. The zero-order chi connectivity index (χ0) is 13.5. The average molecular weight is 349 g/mol. The first-order valence-corrected chi connectivity index (χ1v) is 7.53. The third kappa shape index (κ3) is 2.43. The Morgan fingerprint density at radius 2 is 2.47 bits per heavy atom. The quantitative estimate of drug-likeness (QED) is 0.843. The molecule has 104 valence electrons. The van der Waals surface area contributed by atoms with Gasteiger partial charge in [0.25, 0.3) is 0 Å². The molecule has 1 aromatic rings. The maximum atomic E-state index is 10.8. The number of aromatic nitrogens is 1. The van der Waals surface area contributed by atoms with Gasteiger partial charge in [-0.1, -0.05) is 0 Å². The molecule has 2 fully saturated rings. The van der Waals surface area contributed by atoms with Gasteiger partial charge in [0.1, 0.15) is 21.8 Å². The molecule has 8 heteroatoms. The number of carboxylic acid groups (broad SMARTS) is 1. The van der Waals surface area contributed by atoms with Gasteiger partial charge in [0.05, 0.1) is 12.2 Å². The van der Waals surface area contributed by atoms with Gasteiger partial charge in [-0.3, -0.25) is 0 Å². The predicted octanol–water partition coefficient (Wildman–Crippen LogP) is 0.964. The van der Waals surface area contributed by atoms with E-state index in [0.717, 1.165) is 22.7 Å². The molecule has 2 N–H and O–H groups in total. The molecule has 0 amide bonds. The minimum absolute atomic E-state index is 0.226. The highest BCUT2D eigenvalue weighted by Crippen LogP contribution is 2.45. The summed E-state index contributed by atoms with van der Waals surface area (Å²) >= 11 is 4.77. The molecule has 0 radical (unpaired) electrons. The fourth-order valence-electron chi connectivity index (χ4n) is 2.48. The third-order valence-electron chi connectivity index (χ3n) is 3.45. The van der Waals surface area contributed by atoms with Crippen molar-refractivity contribution in [1.29, 1.82) is 0 Å². The van der Waals surface area contributed by atoms with Crippen LogP contribution < -0.4 is 5.32 Å². The Labute approximate surface area is 122 Å². The smallest absolute Gasteiger partial charge is 0.329 e. The standard InChI is InChI=1S/C11H13BrN2O4S/c12-7-2-19-9(14-7)11(17-1-8(15)16)3-10(18-6-11)4-13-5-10/h2,13H,1,3-6H2,(H,15,16). The lowest BCUT2D eigenvalue weighted by Gasteiger charge is -2.38. The van der Waals surface area contributed by atoms with Crippen LogP contribution in [0.3, 0.4) is 0 Å². The molecule has 3 rings (SSSR count). The van der Waals surface area contributed by atoms with E-state index in [2.05, 4.69) is 26.2 Å². The summed E-state index contributed by atoms with van der Waals surface area (Å²) < 4.78 is 12.3. The van der Waals surface area contributed by atoms with Crippen LogP contribution in [0.5, 0.6) is 0 Å². The number of hydrogen-bond acceptors (Lipinski definition) is 6. The monoisotopic (exact) mass is 348 g/mol. The van der Waals surface area contributed by atoms with Gasteiger partial charge < -0.3 is 19.9 Å². The van der Waals surface area contributed by atoms with Crippen molar-refractivity contribution in [1.82, 2.24) is 10.3 Å². The van der Waals surface area contributed by atoms with Gasteiger partial charge in [0.15, 0.2) is 0 Å². The van der Waals surface area contributed by atoms with E-state index in [9.17, 15) is 4.79 Å². The molecule has 0 aromatic carbocycles. The van der Waals surface area contributed by atoms with E-state index in [4.69, 9.17) is 14.6 Å². The van der Waals surface area contributed by atoms with Crippen LogP contribution >= 0.6 is 27.3 Å². The summed E-state index contributed by atoms with van der Waals surface area (Å²) in [6.07, 6.45) is 0.639. The second-order valence-electron chi connectivity index (χ2n) is 4.90. The molecule has 1 atom stereocenters. The van der Waals surface area contributed by atoms with Gasteiger partial charge >= 0.3 is 5.97 Å². The lowest BCUT2D eigenvalue weighted by Crippen LogP contribution is -2.59. The fraction of sp³-hybridized carbons (Fsp3) is 0.636. The van der Waals surface area contributed by atoms with E-state index in [0.29, 0.717) is 13.0 Å². The molecule has 2 aliphatic rings. The second-order valence-corrected chi connectivity index (χ2v) is 6.57. The number of aliphatic carboxylic acids is 1. The van der Waals surface area contributed by atoms with Gasteiger partial charge in [-0.15, -0.1) is 11.3 Å². The zero-order valence-electron chi connectivity index (χ0n) is 10.0. The number of carboxylic acids is 1. The van der Waals surface area contributed by atoms with E-state index in [-0.39, 0.29) is 12.2 Å². The zero-order valence-corrected chi connectivity index (χ0v) is 12.4. The topological polar surface area (TPSA) is 80.7 Å². The van der Waals surface area contributed by atoms with Gasteiger partial charge in [-0.2, -0.15) is 0 Å². The number of carbonyl (C=O) groups is 1. The number of ether oxygens (including phenoxy) is 2. The highest BCUT2D eigenvalue weighted by molar-refractivity contribution is 9.10. The first kappa shape index (κ1) is 13.4. The normalized spacial score (nSPS) is 28.5. The van der Waals surface area contributed by atoms with Crippen LogP contribution in [0, 0.1) is 0 Å². The number of thiazole rings is 1. The molecule has 3 heterocycles. The molecule has 0 bridgehead atoms. The molecule has 2 saturated heterocycles. The Hall–Kier alpha value is -0.540. The summed E-state index contributed by atoms with van der Waals surface area (Å²) in [6, 6.07) is 0. The Balaban J connectivity index is 1.85. The van der Waals surface area contributed by atoms with Crippen LogP contribution in [-0.2, 0) is 19.9 Å². The van der Waals surface area contributed by atoms with Crippen LogP contribution in [0.25, 0.3) is 0 Å². The molecular formula is C11H13BrN2O4S. The van der Waals surface area contributed by atoms with Gasteiger partial charge in [0.2, 0.25) is 0 Å². The number of hydrogen-bond donors (Lipinski definition) is 2. The highest BCUT2D eigenvalue weighted by atomic mass is 79.9. The summed E-state index contributed by atoms with van der Waals surface area (Å²) in [6.45, 7) is 1.56. The maximum absolute atomic E-state index is 10.8. The lowest BCUT2D eigenvalue weighted by molar-refractivity contribution is -0.150. The number of rotatable bonds is 4. The molecule has 1 unspecified atom stereocenters. The Kier molecular flexibility index (Phi) is 3.38. The van der Waals surface area contributed by atoms with Crippen molar-refractivity contribution in [2.75, 3.05) is 26.3 Å². The fourth-order valence-corrected chi connectivity index (χ4v) is 3.87. The van der Waals surface area contributed by atoms with Crippen molar-refractivity contribution >= 4 is 33.2 Å². The summed E-state index contributed by atoms with van der Waals surface area (Å²) in [7, 11) is 0. The van der Waals surface area contributed by atoms with Crippen molar-refractivity contribution in [3.8, 4) is 0 Å². The van der Waals surface area contributed by atoms with E-state index in [1.807, 2.05) is 5.38 Å². The Morgan fingerprint density at radius 3 is 2.95 bits per heavy atom. The van der Waals surface area contributed by atoms with Crippen molar-refractivity contribution < 1.29 is 19.4 Å². The van der Waals surface area contributed by atoms with E-state index < -0.39 is 11.6 Å². The minimum Gasteiger partial charge on any atom is -0.480 e. The van der Waals surface area contributed by atoms with E-state index in [1.165, 1.54) is 11.3 Å². The molecule has 0 aliphatic carbocycles. The molecule has 0 saturated carbocycles. The van der Waals surface area contributed by atoms with E-state index in [1.54, 1.807) is 0 Å². The van der Waals surface area contributed by atoms with Crippen LogP contribution in [0.1, 0.15) is 11.4 Å². The van der Waals surface area contributed by atoms with Crippen molar-refractivity contribution in [2.24, 2.45) is 0 Å². The highest BCUT2D eigenvalue weighted by Gasteiger charge is 2.55. The first-order chi connectivity index (χ1) is 9.04. The first-order valence-electron chi connectivity index (χ1n) is 5.86. The van der Waals surface area contributed by atoms with Crippen molar-refractivity contribution in [3.05, 3.63) is 15.0 Å². The predicted molar refractivity (Wildman–Crippen MR) is 71.2 cm³/mol. The summed E-state index contributed by atoms with van der Waals surface area (Å²) in [5.41, 5.74) is -0.964. The minimum atomic E-state index is -0.984. The largest absolute Gasteiger partial charge is 0.480 e. The van der Waals surface area contributed by atoms with Crippen LogP contribution in [0.4, 0.5) is 0 Å². The molecule has 19 heavy (non-hydrogen) atoms. The number of nitrogens with one attached hydrogen (secondary N) is 1. The molecule has 1 aromatic heterocycles. The second kappa shape index (κ2) is 4.78. The summed E-state index contributed by atoms with van der Waals surface area (Å²) in [5, 5.41) is 14.7. The molecule has 1 spiro atoms. The van der Waals surface area contributed by atoms with Gasteiger partial charge in [0, 0.05) is 24.9 Å². The van der Waals surface area contributed by atoms with E-state index >= 15 is 0 Å². The van der Waals surface area contributed by atoms with Gasteiger partial charge in [-0.25, -0.2) is 9.78 Å². The maximum Gasteiger partial charge on any atom is 0.329 e. The van der Waals surface area contributed by atoms with Crippen molar-refractivity contribution in [3.63, 3.8) is 0 Å². The SMILES string of the molecule is O=C(O)COC1(c2nc(Br)cs2)COC2(CNC2)C1. The van der Waals surface area contributed by atoms with Crippen LogP contribution in [0.15, 0.2) is 9.98 Å². The molecule has 2 aliphatic heterocycles. The van der Waals surface area contributed by atoms with Crippen LogP contribution in [-0.4, -0.2) is 48.0 Å². The van der Waals surface area contributed by atoms with Gasteiger partial charge in [-0.05, 0) is 15.9 Å². The summed E-state index contributed by atoms with van der Waals surface area (Å²) in [4.78, 5) is 15.2. The molecular weight excluding hydrogens is 336 g/mol. The third-order valence-corrected chi connectivity index (χ3v) is 5.19. The Morgan fingerprint density at radius 1 is 1.68 bits per heavy atom. The molecule has 6 nitrogen and oxygen atoms in total. The summed E-state index contributed by atoms with van der Waals surface area (Å²) in [5.74, 6) is -0.984. The number of halogens is 1. The average Bonchev–Trinajstić information content (AvgIpc) is 2.91. The number of nitrogens with zero attached hydrogens (tertiary/aromatic N) is 1. The van der Waals surface area contributed by atoms with Crippen LogP contribution in [0.2, 0.25) is 0 Å².